The summed E-state index contributed by atoms with van der Waals surface area (Å²) in [6.07, 6.45) is 2.91. The molecule has 7 nitrogen and oxygen atoms in total. The van der Waals surface area contributed by atoms with Gasteiger partial charge in [0.1, 0.15) is 5.69 Å². The second-order valence-corrected chi connectivity index (χ2v) is 8.77. The number of aromatic nitrogens is 6. The van der Waals surface area contributed by atoms with Crippen LogP contribution in [-0.2, 0) is 10.8 Å². The van der Waals surface area contributed by atoms with E-state index in [-0.39, 0.29) is 17.8 Å². The summed E-state index contributed by atoms with van der Waals surface area (Å²) in [6, 6.07) is 8.56. The van der Waals surface area contributed by atoms with Crippen molar-refractivity contribution in [3.63, 3.8) is 0 Å². The van der Waals surface area contributed by atoms with Gasteiger partial charge < -0.3 is 0 Å². The first-order valence-corrected chi connectivity index (χ1v) is 8.95. The Labute approximate surface area is 172 Å². The van der Waals surface area contributed by atoms with Gasteiger partial charge in [0.25, 0.3) is 0 Å². The Morgan fingerprint density at radius 1 is 1.04 bits per heavy atom. The number of hydrogen-bond donors (Lipinski definition) is 0. The quantitative estimate of drug-likeness (QED) is 0.560. The molecule has 0 saturated heterocycles. The monoisotopic (exact) mass is 452 g/mol. The number of benzene rings is 1. The first-order valence-electron chi connectivity index (χ1n) is 7.06. The molecule has 136 valence electrons. The van der Waals surface area contributed by atoms with Crippen molar-refractivity contribution in [1.29, 1.82) is 0 Å². The molecule has 0 bridgehead atoms. The molecule has 0 aliphatic heterocycles. The highest BCUT2D eigenvalue weighted by molar-refractivity contribution is 6.75. The molecular weight excluding hydrogens is 445 g/mol. The molecule has 0 radical (unpaired) electrons. The maximum Gasteiger partial charge on any atom is 0.372 e. The molecule has 2 heterocycles. The van der Waals surface area contributed by atoms with E-state index in [0.29, 0.717) is 0 Å². The minimum atomic E-state index is -2.16. The maximum atomic E-state index is 12.6. The Kier molecular flexibility index (Phi) is 5.46. The van der Waals surface area contributed by atoms with Crippen LogP contribution < -0.4 is 0 Å². The third-order valence-corrected chi connectivity index (χ3v) is 5.76. The summed E-state index contributed by atoms with van der Waals surface area (Å²) in [7, 11) is 0. The van der Waals surface area contributed by atoms with Gasteiger partial charge in [-0.15, -0.1) is 10.2 Å². The van der Waals surface area contributed by atoms with Crippen molar-refractivity contribution in [2.24, 2.45) is 0 Å². The molecule has 0 aliphatic rings. The maximum absolute atomic E-state index is 12.6. The Morgan fingerprint density at radius 2 is 1.73 bits per heavy atom. The fraction of sp³-hybridized carbons (Fsp3) is 0.214. The van der Waals surface area contributed by atoms with Crippen molar-refractivity contribution < 1.29 is 4.79 Å². The summed E-state index contributed by atoms with van der Waals surface area (Å²) < 4.78 is -2.51. The molecule has 0 spiro atoms. The molecule has 0 saturated carbocycles. The van der Waals surface area contributed by atoms with Gasteiger partial charge in [-0.2, -0.15) is 9.36 Å². The van der Waals surface area contributed by atoms with Gasteiger partial charge in [0.15, 0.2) is 0 Å². The van der Waals surface area contributed by atoms with Crippen LogP contribution in [0.25, 0.3) is 0 Å². The van der Waals surface area contributed by atoms with Crippen molar-refractivity contribution in [2.75, 3.05) is 0 Å². The Bertz CT molecular complexity index is 904. The minimum Gasteiger partial charge on any atom is -0.243 e. The molecule has 3 rings (SSSR count). The molecule has 0 unspecified atom stereocenters. The van der Waals surface area contributed by atoms with Gasteiger partial charge in [0.05, 0.1) is 18.1 Å². The van der Waals surface area contributed by atoms with E-state index >= 15 is 0 Å². The number of carbonyl (C=O) groups is 1. The van der Waals surface area contributed by atoms with E-state index in [1.54, 1.807) is 0 Å². The smallest absolute Gasteiger partial charge is 0.243 e. The number of alkyl halides is 5. The van der Waals surface area contributed by atoms with Crippen molar-refractivity contribution in [1.82, 2.24) is 30.0 Å². The number of hydrogen-bond acceptors (Lipinski definition) is 5. The molecular formula is C14H9Cl5N6O. The summed E-state index contributed by atoms with van der Waals surface area (Å²) in [5.74, 6) is 0. The van der Waals surface area contributed by atoms with Gasteiger partial charge in [0.2, 0.25) is 8.13 Å². The third kappa shape index (κ3) is 3.68. The summed E-state index contributed by atoms with van der Waals surface area (Å²) in [4.78, 5) is 12.6. The van der Waals surface area contributed by atoms with Crippen LogP contribution in [0.4, 0.5) is 4.79 Å². The Morgan fingerprint density at radius 3 is 2.31 bits per heavy atom. The summed E-state index contributed by atoms with van der Waals surface area (Å²) in [6.45, 7) is 0. The normalized spacial score (nSPS) is 12.3. The highest BCUT2D eigenvalue weighted by Crippen LogP contribution is 2.53. The van der Waals surface area contributed by atoms with E-state index in [2.05, 4.69) is 20.6 Å². The van der Waals surface area contributed by atoms with Crippen LogP contribution in [0.15, 0.2) is 42.7 Å². The van der Waals surface area contributed by atoms with Crippen LogP contribution in [0.3, 0.4) is 0 Å². The van der Waals surface area contributed by atoms with Crippen LogP contribution in [0, 0.1) is 0 Å². The lowest BCUT2D eigenvalue weighted by atomic mass is 10.1. The van der Waals surface area contributed by atoms with E-state index in [0.717, 1.165) is 14.9 Å². The van der Waals surface area contributed by atoms with E-state index in [9.17, 15) is 4.79 Å². The van der Waals surface area contributed by atoms with Gasteiger partial charge in [-0.05, 0) is 5.56 Å². The zero-order chi connectivity index (χ0) is 18.9. The van der Waals surface area contributed by atoms with Gasteiger partial charge in [0, 0.05) is 6.42 Å². The Hall–Kier alpha value is -1.38. The van der Waals surface area contributed by atoms with Crippen LogP contribution in [0.1, 0.15) is 17.0 Å². The largest absolute Gasteiger partial charge is 0.372 e. The number of halogens is 5. The van der Waals surface area contributed by atoms with Gasteiger partial charge in [-0.1, -0.05) is 98.8 Å². The Balaban J connectivity index is 2.12. The average Bonchev–Trinajstić information content (AvgIpc) is 3.24. The lowest BCUT2D eigenvalue weighted by molar-refractivity contribution is 0.236. The molecule has 12 heteroatoms. The van der Waals surface area contributed by atoms with Gasteiger partial charge in [-0.25, -0.2) is 4.79 Å². The summed E-state index contributed by atoms with van der Waals surface area (Å²) >= 11 is 30.5. The van der Waals surface area contributed by atoms with Crippen LogP contribution >= 0.6 is 58.0 Å². The molecule has 0 aliphatic carbocycles. The first kappa shape index (κ1) is 19.4. The second kappa shape index (κ2) is 7.32. The van der Waals surface area contributed by atoms with Crippen molar-refractivity contribution >= 4 is 64.0 Å². The number of nitrogens with zero attached hydrogens (tertiary/aromatic N) is 6. The fourth-order valence-electron chi connectivity index (χ4n) is 2.21. The molecule has 0 fully saturated rings. The lowest BCUT2D eigenvalue weighted by Gasteiger charge is -2.27. The van der Waals surface area contributed by atoms with Crippen LogP contribution in [0.2, 0.25) is 0 Å². The number of carbonyl (C=O) groups excluding carboxylic acids is 1. The van der Waals surface area contributed by atoms with E-state index < -0.39 is 14.2 Å². The van der Waals surface area contributed by atoms with Gasteiger partial charge >= 0.3 is 6.03 Å². The van der Waals surface area contributed by atoms with Crippen molar-refractivity contribution in [2.45, 2.75) is 14.5 Å². The molecule has 0 N–H and O–H groups in total. The standard InChI is InChI=1S/C14H9Cl5N6O/c15-13(16,14(17,18)19)11-10(8-9-4-2-1-3-5-9)21-23-25(11)12(26)24-7-6-20-22-24/h1-7H,8H2. The average molecular weight is 455 g/mol. The third-order valence-electron chi connectivity index (χ3n) is 3.41. The molecule has 3 aromatic rings. The molecule has 26 heavy (non-hydrogen) atoms. The van der Waals surface area contributed by atoms with Crippen LogP contribution in [-0.4, -0.2) is 39.8 Å². The second-order valence-electron chi connectivity index (χ2n) is 5.16. The highest BCUT2D eigenvalue weighted by Gasteiger charge is 2.52. The molecule has 1 aromatic carbocycles. The molecule has 0 atom stereocenters. The van der Waals surface area contributed by atoms with Crippen molar-refractivity contribution in [3.05, 3.63) is 59.7 Å². The molecule has 0 amide bonds. The number of rotatable bonds is 3. The first-order chi connectivity index (χ1) is 12.2. The predicted molar refractivity (Wildman–Crippen MR) is 99.2 cm³/mol. The fourth-order valence-corrected chi connectivity index (χ4v) is 2.86. The SMILES string of the molecule is O=C(n1ccnn1)n1nnc(Cc2ccccc2)c1C(Cl)(Cl)C(Cl)(Cl)Cl. The predicted octanol–water partition coefficient (Wildman–Crippen LogP) is 3.98. The van der Waals surface area contributed by atoms with Crippen LogP contribution in [0.5, 0.6) is 0 Å². The summed E-state index contributed by atoms with van der Waals surface area (Å²) in [5.41, 5.74) is 1.09. The topological polar surface area (TPSA) is 78.5 Å². The van der Waals surface area contributed by atoms with Gasteiger partial charge in [-0.3, -0.25) is 0 Å². The van der Waals surface area contributed by atoms with Crippen molar-refractivity contribution in [3.8, 4) is 0 Å². The zero-order valence-electron chi connectivity index (χ0n) is 12.7. The highest BCUT2D eigenvalue weighted by atomic mass is 35.6. The minimum absolute atomic E-state index is 0.0646. The lowest BCUT2D eigenvalue weighted by Crippen LogP contribution is -2.35. The summed E-state index contributed by atoms with van der Waals surface area (Å²) in [5, 5.41) is 15.0. The van der Waals surface area contributed by atoms with E-state index in [1.807, 2.05) is 30.3 Å². The molecule has 2 aromatic heterocycles. The van der Waals surface area contributed by atoms with E-state index in [4.69, 9.17) is 58.0 Å². The zero-order valence-corrected chi connectivity index (χ0v) is 16.5. The van der Waals surface area contributed by atoms with E-state index in [1.165, 1.54) is 12.4 Å².